The summed E-state index contributed by atoms with van der Waals surface area (Å²) in [7, 11) is 0. The summed E-state index contributed by atoms with van der Waals surface area (Å²) in [5, 5.41) is 12.6. The molecule has 0 aromatic carbocycles. The van der Waals surface area contributed by atoms with Crippen molar-refractivity contribution >= 4 is 5.91 Å². The third kappa shape index (κ3) is 4.11. The first kappa shape index (κ1) is 17.0. The van der Waals surface area contributed by atoms with E-state index in [-0.39, 0.29) is 18.4 Å². The largest absolute Gasteiger partial charge is 0.462 e. The molecule has 5 heteroatoms. The van der Waals surface area contributed by atoms with E-state index in [1.54, 1.807) is 6.07 Å². The van der Waals surface area contributed by atoms with Gasteiger partial charge in [-0.25, -0.2) is 0 Å². The monoisotopic (exact) mass is 308 g/mol. The topological polar surface area (TPSA) is 65.7 Å². The molecule has 0 radical (unpaired) electrons. The van der Waals surface area contributed by atoms with Crippen LogP contribution in [0.4, 0.5) is 0 Å². The van der Waals surface area contributed by atoms with Gasteiger partial charge in [0.05, 0.1) is 6.54 Å². The van der Waals surface area contributed by atoms with Gasteiger partial charge in [0, 0.05) is 25.0 Å². The molecule has 2 N–H and O–H groups in total. The summed E-state index contributed by atoms with van der Waals surface area (Å²) in [6.07, 6.45) is 2.03. The third-order valence-corrected chi connectivity index (χ3v) is 4.48. The molecule has 1 amide bonds. The Hall–Kier alpha value is -1.33. The van der Waals surface area contributed by atoms with Crippen LogP contribution in [0.25, 0.3) is 0 Å². The van der Waals surface area contributed by atoms with Crippen LogP contribution in [0.1, 0.15) is 45.1 Å². The highest BCUT2D eigenvalue weighted by Crippen LogP contribution is 2.22. The van der Waals surface area contributed by atoms with Crippen molar-refractivity contribution in [3.63, 3.8) is 0 Å². The number of piperidine rings is 1. The number of aliphatic hydroxyl groups excluding tert-OH is 1. The van der Waals surface area contributed by atoms with Crippen LogP contribution in [0, 0.1) is 11.8 Å². The molecule has 2 rings (SSSR count). The van der Waals surface area contributed by atoms with E-state index in [9.17, 15) is 4.79 Å². The highest BCUT2D eigenvalue weighted by atomic mass is 16.4. The number of aliphatic hydroxyl groups is 1. The summed E-state index contributed by atoms with van der Waals surface area (Å²) in [5.74, 6) is 2.25. The number of carbonyl (C=O) groups is 1. The summed E-state index contributed by atoms with van der Waals surface area (Å²) in [6.45, 7) is 8.37. The second-order valence-electron chi connectivity index (χ2n) is 6.41. The van der Waals surface area contributed by atoms with Gasteiger partial charge in [-0.05, 0) is 24.5 Å². The molecule has 1 aromatic heterocycles. The standard InChI is InChI=1S/C17H28N2O3/c1-4-13-10-19(17(21)12(2)3)8-7-16(13)18-9-14-5-6-15(11-20)22-14/h5-6,12-13,16,18,20H,4,7-11H2,1-3H3/t13-,16+/m1/s1. The first-order valence-corrected chi connectivity index (χ1v) is 8.25. The lowest BCUT2D eigenvalue weighted by atomic mass is 9.89. The number of likely N-dealkylation sites (tertiary alicyclic amines) is 1. The molecule has 124 valence electrons. The first-order valence-electron chi connectivity index (χ1n) is 8.25. The molecule has 0 saturated carbocycles. The van der Waals surface area contributed by atoms with Gasteiger partial charge in [-0.3, -0.25) is 4.79 Å². The summed E-state index contributed by atoms with van der Waals surface area (Å²) in [6, 6.07) is 4.11. The van der Waals surface area contributed by atoms with Gasteiger partial charge in [0.1, 0.15) is 18.1 Å². The van der Waals surface area contributed by atoms with Gasteiger partial charge < -0.3 is 19.7 Å². The maximum Gasteiger partial charge on any atom is 0.225 e. The van der Waals surface area contributed by atoms with Gasteiger partial charge >= 0.3 is 0 Å². The molecule has 1 fully saturated rings. The molecule has 1 aliphatic heterocycles. The minimum absolute atomic E-state index is 0.0622. The van der Waals surface area contributed by atoms with Gasteiger partial charge in [0.25, 0.3) is 0 Å². The van der Waals surface area contributed by atoms with E-state index >= 15 is 0 Å². The molecular formula is C17H28N2O3. The average molecular weight is 308 g/mol. The molecule has 1 saturated heterocycles. The fraction of sp³-hybridized carbons (Fsp3) is 0.706. The van der Waals surface area contributed by atoms with E-state index in [1.165, 1.54) is 0 Å². The van der Waals surface area contributed by atoms with Gasteiger partial charge in [-0.15, -0.1) is 0 Å². The number of hydrogen-bond donors (Lipinski definition) is 2. The van der Waals surface area contributed by atoms with Crippen molar-refractivity contribution in [2.75, 3.05) is 13.1 Å². The van der Waals surface area contributed by atoms with Crippen LogP contribution in [0.15, 0.2) is 16.5 Å². The van der Waals surface area contributed by atoms with Crippen LogP contribution >= 0.6 is 0 Å². The summed E-state index contributed by atoms with van der Waals surface area (Å²) >= 11 is 0. The molecule has 0 unspecified atom stereocenters. The Morgan fingerprint density at radius 1 is 1.45 bits per heavy atom. The quantitative estimate of drug-likeness (QED) is 0.845. The summed E-state index contributed by atoms with van der Waals surface area (Å²) in [5.41, 5.74) is 0. The predicted molar refractivity (Wildman–Crippen MR) is 85.1 cm³/mol. The zero-order valence-corrected chi connectivity index (χ0v) is 13.8. The number of furan rings is 1. The van der Waals surface area contributed by atoms with Crippen molar-refractivity contribution in [1.82, 2.24) is 10.2 Å². The second kappa shape index (κ2) is 7.79. The molecule has 0 spiro atoms. The van der Waals surface area contributed by atoms with Gasteiger partial charge in [-0.2, -0.15) is 0 Å². The Morgan fingerprint density at radius 2 is 2.18 bits per heavy atom. The van der Waals surface area contributed by atoms with Crippen LogP contribution in [-0.4, -0.2) is 35.0 Å². The van der Waals surface area contributed by atoms with E-state index < -0.39 is 0 Å². The van der Waals surface area contributed by atoms with Gasteiger partial charge in [0.2, 0.25) is 5.91 Å². The highest BCUT2D eigenvalue weighted by molar-refractivity contribution is 5.78. The van der Waals surface area contributed by atoms with Crippen molar-refractivity contribution in [2.24, 2.45) is 11.8 Å². The van der Waals surface area contributed by atoms with Crippen molar-refractivity contribution in [2.45, 2.75) is 52.8 Å². The van der Waals surface area contributed by atoms with E-state index in [4.69, 9.17) is 9.52 Å². The van der Waals surface area contributed by atoms with E-state index in [0.29, 0.717) is 24.3 Å². The third-order valence-electron chi connectivity index (χ3n) is 4.48. The fourth-order valence-electron chi connectivity index (χ4n) is 3.11. The van der Waals surface area contributed by atoms with Crippen LogP contribution in [0.2, 0.25) is 0 Å². The molecule has 2 heterocycles. The normalized spacial score (nSPS) is 22.3. The Kier molecular flexibility index (Phi) is 6.03. The van der Waals surface area contributed by atoms with E-state index in [1.807, 2.05) is 24.8 Å². The molecule has 0 bridgehead atoms. The number of nitrogens with zero attached hydrogens (tertiary/aromatic N) is 1. The molecular weight excluding hydrogens is 280 g/mol. The Labute approximate surface area is 132 Å². The molecule has 22 heavy (non-hydrogen) atoms. The van der Waals surface area contributed by atoms with Crippen molar-refractivity contribution < 1.29 is 14.3 Å². The molecule has 5 nitrogen and oxygen atoms in total. The maximum atomic E-state index is 12.1. The Bertz CT molecular complexity index is 484. The lowest BCUT2D eigenvalue weighted by Gasteiger charge is -2.39. The smallest absolute Gasteiger partial charge is 0.225 e. The lowest BCUT2D eigenvalue weighted by molar-refractivity contribution is -0.136. The zero-order chi connectivity index (χ0) is 16.1. The number of hydrogen-bond acceptors (Lipinski definition) is 4. The average Bonchev–Trinajstić information content (AvgIpc) is 3.00. The second-order valence-corrected chi connectivity index (χ2v) is 6.41. The lowest BCUT2D eigenvalue weighted by Crippen LogP contribution is -2.51. The first-order chi connectivity index (χ1) is 10.5. The van der Waals surface area contributed by atoms with Crippen LogP contribution < -0.4 is 5.32 Å². The number of carbonyl (C=O) groups excluding carboxylic acids is 1. The van der Waals surface area contributed by atoms with Crippen LogP contribution in [-0.2, 0) is 17.9 Å². The van der Waals surface area contributed by atoms with Crippen molar-refractivity contribution in [3.8, 4) is 0 Å². The maximum absolute atomic E-state index is 12.1. The van der Waals surface area contributed by atoms with Crippen LogP contribution in [0.3, 0.4) is 0 Å². The van der Waals surface area contributed by atoms with E-state index in [0.717, 1.165) is 31.7 Å². The molecule has 1 aliphatic rings. The minimum Gasteiger partial charge on any atom is -0.462 e. The Morgan fingerprint density at radius 3 is 2.77 bits per heavy atom. The summed E-state index contributed by atoms with van der Waals surface area (Å²) in [4.78, 5) is 14.2. The highest BCUT2D eigenvalue weighted by Gasteiger charge is 2.30. The summed E-state index contributed by atoms with van der Waals surface area (Å²) < 4.78 is 5.51. The predicted octanol–water partition coefficient (Wildman–Crippen LogP) is 2.14. The molecule has 0 aliphatic carbocycles. The van der Waals surface area contributed by atoms with Crippen molar-refractivity contribution in [3.05, 3.63) is 23.7 Å². The van der Waals surface area contributed by atoms with Crippen LogP contribution in [0.5, 0.6) is 0 Å². The zero-order valence-electron chi connectivity index (χ0n) is 13.8. The van der Waals surface area contributed by atoms with Crippen molar-refractivity contribution in [1.29, 1.82) is 0 Å². The SMILES string of the molecule is CC[C@@H]1CN(C(=O)C(C)C)CC[C@@H]1NCc1ccc(CO)o1. The minimum atomic E-state index is -0.0622. The van der Waals surface area contributed by atoms with Gasteiger partial charge in [-0.1, -0.05) is 27.2 Å². The Balaban J connectivity index is 1.88. The van der Waals surface area contributed by atoms with E-state index in [2.05, 4.69) is 12.2 Å². The number of amides is 1. The fourth-order valence-corrected chi connectivity index (χ4v) is 3.11. The molecule has 2 atom stereocenters. The number of rotatable bonds is 6. The van der Waals surface area contributed by atoms with Gasteiger partial charge in [0.15, 0.2) is 0 Å². The molecule has 1 aromatic rings. The number of nitrogens with one attached hydrogen (secondary N) is 1.